The molecule has 2 aromatic carbocycles. The molecule has 1 aliphatic heterocycles. The summed E-state index contributed by atoms with van der Waals surface area (Å²) in [5.74, 6) is 3.71. The molecule has 1 unspecified atom stereocenters. The smallest absolute Gasteiger partial charge is 0.231 e. The van der Waals surface area contributed by atoms with Gasteiger partial charge in [0.05, 0.1) is 14.2 Å². The summed E-state index contributed by atoms with van der Waals surface area (Å²) in [7, 11) is 7.64. The van der Waals surface area contributed by atoms with Crippen LogP contribution in [0.2, 0.25) is 0 Å². The van der Waals surface area contributed by atoms with Gasteiger partial charge in [-0.3, -0.25) is 0 Å². The van der Waals surface area contributed by atoms with Crippen LogP contribution >= 0.6 is 0 Å². The molecule has 0 saturated carbocycles. The molecule has 1 aliphatic rings. The summed E-state index contributed by atoms with van der Waals surface area (Å²) >= 11 is 0. The SMILES string of the molecule is COc1ccc(CCCCC(C)c2c(CCN(C)C)cc3c(c2OC)OCO3)cc1. The van der Waals surface area contributed by atoms with E-state index in [9.17, 15) is 0 Å². The predicted octanol–water partition coefficient (Wildman–Crippen LogP) is 5.05. The van der Waals surface area contributed by atoms with E-state index in [2.05, 4.69) is 44.1 Å². The molecule has 2 aromatic rings. The summed E-state index contributed by atoms with van der Waals surface area (Å²) in [6.07, 6.45) is 5.49. The van der Waals surface area contributed by atoms with Gasteiger partial charge in [-0.2, -0.15) is 0 Å². The number of ether oxygens (including phenoxy) is 4. The third kappa shape index (κ3) is 5.39. The standard InChI is InChI=1S/C25H35NO4/c1-18(8-6-7-9-19-10-12-21(27-4)13-11-19)23-20(14-15-26(2)3)16-22-24(25(23)28-5)30-17-29-22/h10-13,16,18H,6-9,14-15,17H2,1-5H3. The lowest BCUT2D eigenvalue weighted by Gasteiger charge is -2.22. The van der Waals surface area contributed by atoms with E-state index in [1.54, 1.807) is 14.2 Å². The van der Waals surface area contributed by atoms with Crippen LogP contribution < -0.4 is 18.9 Å². The van der Waals surface area contributed by atoms with Gasteiger partial charge in [0, 0.05) is 12.1 Å². The number of nitrogens with zero attached hydrogens (tertiary/aromatic N) is 1. The minimum Gasteiger partial charge on any atom is -0.497 e. The molecule has 0 N–H and O–H groups in total. The number of hydrogen-bond donors (Lipinski definition) is 0. The number of unbranched alkanes of at least 4 members (excludes halogenated alkanes) is 1. The van der Waals surface area contributed by atoms with Crippen molar-refractivity contribution in [3.05, 3.63) is 47.0 Å². The topological polar surface area (TPSA) is 40.2 Å². The summed E-state index contributed by atoms with van der Waals surface area (Å²) in [6, 6.07) is 10.5. The van der Waals surface area contributed by atoms with E-state index in [4.69, 9.17) is 18.9 Å². The average Bonchev–Trinajstić information content (AvgIpc) is 3.22. The number of likely N-dealkylation sites (N-methyl/N-ethyl adjacent to an activating group) is 1. The molecule has 3 rings (SSSR count). The van der Waals surface area contributed by atoms with E-state index in [0.29, 0.717) is 5.92 Å². The van der Waals surface area contributed by atoms with E-state index in [1.165, 1.54) is 16.7 Å². The largest absolute Gasteiger partial charge is 0.497 e. The average molecular weight is 414 g/mol. The molecule has 0 radical (unpaired) electrons. The van der Waals surface area contributed by atoms with Crippen LogP contribution in [-0.4, -0.2) is 46.6 Å². The number of methoxy groups -OCH3 is 2. The van der Waals surface area contributed by atoms with Gasteiger partial charge in [-0.15, -0.1) is 0 Å². The lowest BCUT2D eigenvalue weighted by Crippen LogP contribution is -2.16. The Morgan fingerprint density at radius 2 is 1.77 bits per heavy atom. The highest BCUT2D eigenvalue weighted by molar-refractivity contribution is 5.61. The van der Waals surface area contributed by atoms with Crippen LogP contribution in [0.1, 0.15) is 48.8 Å². The number of fused-ring (bicyclic) bond motifs is 1. The molecule has 1 atom stereocenters. The number of benzene rings is 2. The first-order chi connectivity index (χ1) is 14.5. The van der Waals surface area contributed by atoms with Crippen LogP contribution in [0.5, 0.6) is 23.0 Å². The van der Waals surface area contributed by atoms with Crippen LogP contribution in [-0.2, 0) is 12.8 Å². The van der Waals surface area contributed by atoms with E-state index in [0.717, 1.165) is 61.6 Å². The highest BCUT2D eigenvalue weighted by Crippen LogP contribution is 2.48. The van der Waals surface area contributed by atoms with Gasteiger partial charge < -0.3 is 23.8 Å². The molecular weight excluding hydrogens is 378 g/mol. The van der Waals surface area contributed by atoms with Crippen LogP contribution in [0, 0.1) is 0 Å². The van der Waals surface area contributed by atoms with Gasteiger partial charge in [-0.25, -0.2) is 0 Å². The van der Waals surface area contributed by atoms with Gasteiger partial charge >= 0.3 is 0 Å². The van der Waals surface area contributed by atoms with Gasteiger partial charge in [0.2, 0.25) is 12.5 Å². The summed E-state index contributed by atoms with van der Waals surface area (Å²) < 4.78 is 22.5. The zero-order valence-corrected chi connectivity index (χ0v) is 19.0. The maximum atomic E-state index is 5.82. The van der Waals surface area contributed by atoms with E-state index in [1.807, 2.05) is 12.1 Å². The zero-order valence-electron chi connectivity index (χ0n) is 19.0. The molecule has 30 heavy (non-hydrogen) atoms. The predicted molar refractivity (Wildman–Crippen MR) is 120 cm³/mol. The van der Waals surface area contributed by atoms with Crippen molar-refractivity contribution in [3.63, 3.8) is 0 Å². The summed E-state index contributed by atoms with van der Waals surface area (Å²) in [5.41, 5.74) is 3.93. The highest BCUT2D eigenvalue weighted by atomic mass is 16.7. The molecule has 0 fully saturated rings. The Hall–Kier alpha value is -2.40. The van der Waals surface area contributed by atoms with Crippen molar-refractivity contribution < 1.29 is 18.9 Å². The van der Waals surface area contributed by atoms with Crippen molar-refractivity contribution in [1.82, 2.24) is 4.90 Å². The fraction of sp³-hybridized carbons (Fsp3) is 0.520. The molecular formula is C25H35NO4. The third-order valence-corrected chi connectivity index (χ3v) is 5.78. The summed E-state index contributed by atoms with van der Waals surface area (Å²) in [4.78, 5) is 2.21. The highest BCUT2D eigenvalue weighted by Gasteiger charge is 2.27. The van der Waals surface area contributed by atoms with E-state index < -0.39 is 0 Å². The van der Waals surface area contributed by atoms with Crippen LogP contribution in [0.15, 0.2) is 30.3 Å². The molecule has 0 amide bonds. The normalized spacial score (nSPS) is 13.5. The van der Waals surface area contributed by atoms with Gasteiger partial charge in [0.15, 0.2) is 11.5 Å². The minimum absolute atomic E-state index is 0.262. The van der Waals surface area contributed by atoms with Gasteiger partial charge in [-0.1, -0.05) is 25.5 Å². The summed E-state index contributed by atoms with van der Waals surface area (Å²) in [6.45, 7) is 3.55. The van der Waals surface area contributed by atoms with Crippen molar-refractivity contribution in [2.45, 2.75) is 44.9 Å². The number of rotatable bonds is 11. The van der Waals surface area contributed by atoms with Gasteiger partial charge in [0.25, 0.3) is 0 Å². The maximum absolute atomic E-state index is 5.82. The van der Waals surface area contributed by atoms with Crippen LogP contribution in [0.4, 0.5) is 0 Å². The Bertz CT molecular complexity index is 817. The molecule has 0 bridgehead atoms. The Labute approximate surface area is 180 Å². The van der Waals surface area contributed by atoms with Crippen molar-refractivity contribution in [3.8, 4) is 23.0 Å². The Kier molecular flexibility index (Phi) is 7.86. The lowest BCUT2D eigenvalue weighted by atomic mass is 9.88. The minimum atomic E-state index is 0.262. The van der Waals surface area contributed by atoms with Crippen molar-refractivity contribution >= 4 is 0 Å². The second-order valence-corrected chi connectivity index (χ2v) is 8.26. The van der Waals surface area contributed by atoms with Gasteiger partial charge in [-0.05, 0) is 75.0 Å². The second-order valence-electron chi connectivity index (χ2n) is 8.26. The lowest BCUT2D eigenvalue weighted by molar-refractivity contribution is 0.171. The molecule has 164 valence electrons. The number of aryl methyl sites for hydroxylation is 1. The Morgan fingerprint density at radius 3 is 2.43 bits per heavy atom. The fourth-order valence-electron chi connectivity index (χ4n) is 4.09. The monoisotopic (exact) mass is 413 g/mol. The van der Waals surface area contributed by atoms with Gasteiger partial charge in [0.1, 0.15) is 5.75 Å². The molecule has 5 nitrogen and oxygen atoms in total. The molecule has 0 saturated heterocycles. The molecule has 0 aliphatic carbocycles. The molecule has 1 heterocycles. The van der Waals surface area contributed by atoms with E-state index in [-0.39, 0.29) is 6.79 Å². The summed E-state index contributed by atoms with van der Waals surface area (Å²) in [5, 5.41) is 0. The maximum Gasteiger partial charge on any atom is 0.231 e. The Morgan fingerprint density at radius 1 is 1.00 bits per heavy atom. The van der Waals surface area contributed by atoms with Crippen molar-refractivity contribution in [2.75, 3.05) is 41.7 Å². The van der Waals surface area contributed by atoms with E-state index >= 15 is 0 Å². The molecule has 0 aromatic heterocycles. The second kappa shape index (κ2) is 10.6. The Balaban J connectivity index is 1.67. The van der Waals surface area contributed by atoms with Crippen LogP contribution in [0.3, 0.4) is 0 Å². The first kappa shape index (κ1) is 22.3. The first-order valence-corrected chi connectivity index (χ1v) is 10.8. The van der Waals surface area contributed by atoms with Crippen molar-refractivity contribution in [2.24, 2.45) is 0 Å². The van der Waals surface area contributed by atoms with Crippen LogP contribution in [0.25, 0.3) is 0 Å². The molecule has 5 heteroatoms. The zero-order chi connectivity index (χ0) is 21.5. The first-order valence-electron chi connectivity index (χ1n) is 10.8. The number of hydrogen-bond acceptors (Lipinski definition) is 5. The van der Waals surface area contributed by atoms with Crippen molar-refractivity contribution in [1.29, 1.82) is 0 Å². The molecule has 0 spiro atoms. The fourth-order valence-corrected chi connectivity index (χ4v) is 4.09. The third-order valence-electron chi connectivity index (χ3n) is 5.78. The quantitative estimate of drug-likeness (QED) is 0.482.